The summed E-state index contributed by atoms with van der Waals surface area (Å²) in [7, 11) is 1.63. The van der Waals surface area contributed by atoms with Gasteiger partial charge in [0.2, 0.25) is 5.91 Å². The fourth-order valence-corrected chi connectivity index (χ4v) is 2.53. The van der Waals surface area contributed by atoms with Gasteiger partial charge in [0.15, 0.2) is 0 Å². The molecular formula is C15H16N2OS. The Morgan fingerprint density at radius 1 is 1.05 bits per heavy atom. The van der Waals surface area contributed by atoms with E-state index in [-0.39, 0.29) is 12.5 Å². The number of nitrogens with one attached hydrogen (secondary N) is 2. The number of hydrogen-bond acceptors (Lipinski definition) is 3. The summed E-state index contributed by atoms with van der Waals surface area (Å²) >= 11 is 1.68. The van der Waals surface area contributed by atoms with Gasteiger partial charge in [0.1, 0.15) is 0 Å². The summed E-state index contributed by atoms with van der Waals surface area (Å²) in [5, 5.41) is 5.75. The smallest absolute Gasteiger partial charge is 0.239 e. The molecule has 0 radical (unpaired) electrons. The molecule has 0 atom stereocenters. The van der Waals surface area contributed by atoms with Crippen LogP contribution in [0.25, 0.3) is 0 Å². The second-order valence-corrected chi connectivity index (χ2v) is 5.05. The van der Waals surface area contributed by atoms with Gasteiger partial charge in [-0.3, -0.25) is 4.79 Å². The summed E-state index contributed by atoms with van der Waals surface area (Å²) in [6.45, 7) is 0.281. The molecule has 2 rings (SSSR count). The summed E-state index contributed by atoms with van der Waals surface area (Å²) in [6, 6.07) is 18.2. The minimum Gasteiger partial charge on any atom is -0.375 e. The first-order valence-electron chi connectivity index (χ1n) is 6.06. The van der Waals surface area contributed by atoms with Crippen molar-refractivity contribution in [3.63, 3.8) is 0 Å². The zero-order valence-electron chi connectivity index (χ0n) is 10.7. The molecule has 98 valence electrons. The lowest BCUT2D eigenvalue weighted by Crippen LogP contribution is -2.26. The van der Waals surface area contributed by atoms with E-state index in [1.807, 2.05) is 42.5 Å². The highest BCUT2D eigenvalue weighted by atomic mass is 32.2. The van der Waals surface area contributed by atoms with Crippen molar-refractivity contribution in [2.24, 2.45) is 0 Å². The highest BCUT2D eigenvalue weighted by molar-refractivity contribution is 7.99. The Kier molecular flexibility index (Phi) is 4.86. The molecule has 1 amide bonds. The van der Waals surface area contributed by atoms with Crippen molar-refractivity contribution in [2.45, 2.75) is 9.79 Å². The van der Waals surface area contributed by atoms with Gasteiger partial charge >= 0.3 is 0 Å². The molecule has 0 aliphatic rings. The molecule has 19 heavy (non-hydrogen) atoms. The predicted octanol–water partition coefficient (Wildman–Crippen LogP) is 3.00. The largest absolute Gasteiger partial charge is 0.375 e. The van der Waals surface area contributed by atoms with Gasteiger partial charge < -0.3 is 10.6 Å². The Hall–Kier alpha value is -1.94. The minimum absolute atomic E-state index is 0.0282. The molecule has 2 N–H and O–H groups in total. The quantitative estimate of drug-likeness (QED) is 0.879. The van der Waals surface area contributed by atoms with Crippen LogP contribution in [0.15, 0.2) is 64.4 Å². The van der Waals surface area contributed by atoms with Crippen LogP contribution < -0.4 is 10.6 Å². The summed E-state index contributed by atoms with van der Waals surface area (Å²) in [6.07, 6.45) is 0. The number of carbonyl (C=O) groups is 1. The standard InChI is InChI=1S/C15H16N2OS/c1-16-15(18)11-17-13-9-5-6-10-14(13)19-12-7-3-2-4-8-12/h2-10,17H,11H2,1H3,(H,16,18). The van der Waals surface area contributed by atoms with Crippen LogP contribution in [0, 0.1) is 0 Å². The van der Waals surface area contributed by atoms with E-state index in [4.69, 9.17) is 0 Å². The SMILES string of the molecule is CNC(=O)CNc1ccccc1Sc1ccccc1. The van der Waals surface area contributed by atoms with Crippen molar-refractivity contribution in [2.75, 3.05) is 18.9 Å². The maximum absolute atomic E-state index is 11.3. The van der Waals surface area contributed by atoms with Crippen molar-refractivity contribution >= 4 is 23.4 Å². The monoisotopic (exact) mass is 272 g/mol. The first-order chi connectivity index (χ1) is 9.29. The molecule has 4 heteroatoms. The minimum atomic E-state index is -0.0282. The third kappa shape index (κ3) is 4.03. The van der Waals surface area contributed by atoms with Crippen LogP contribution in [0.5, 0.6) is 0 Å². The Balaban J connectivity index is 2.10. The molecule has 0 heterocycles. The summed E-state index contributed by atoms with van der Waals surface area (Å²) in [5.41, 5.74) is 0.972. The normalized spacial score (nSPS) is 9.95. The van der Waals surface area contributed by atoms with Gasteiger partial charge in [-0.15, -0.1) is 0 Å². The fraction of sp³-hybridized carbons (Fsp3) is 0.133. The first-order valence-corrected chi connectivity index (χ1v) is 6.87. The Morgan fingerprint density at radius 3 is 2.47 bits per heavy atom. The average molecular weight is 272 g/mol. The number of likely N-dealkylation sites (N-methyl/N-ethyl adjacent to an activating group) is 1. The van der Waals surface area contributed by atoms with Crippen LogP contribution in [0.4, 0.5) is 5.69 Å². The lowest BCUT2D eigenvalue weighted by molar-refractivity contribution is -0.118. The van der Waals surface area contributed by atoms with E-state index in [1.165, 1.54) is 4.90 Å². The molecule has 0 aliphatic carbocycles. The lowest BCUT2D eigenvalue weighted by atomic mass is 10.3. The van der Waals surface area contributed by atoms with Crippen LogP contribution in [0.2, 0.25) is 0 Å². The Labute approximate surface area is 117 Å². The number of carbonyl (C=O) groups excluding carboxylic acids is 1. The van der Waals surface area contributed by atoms with E-state index >= 15 is 0 Å². The molecule has 0 aromatic heterocycles. The first kappa shape index (κ1) is 13.5. The Morgan fingerprint density at radius 2 is 1.74 bits per heavy atom. The molecule has 0 unspecified atom stereocenters. The van der Waals surface area contributed by atoms with Crippen molar-refractivity contribution in [1.82, 2.24) is 5.32 Å². The lowest BCUT2D eigenvalue weighted by Gasteiger charge is -2.11. The fourth-order valence-electron chi connectivity index (χ4n) is 1.58. The molecule has 0 saturated heterocycles. The van der Waals surface area contributed by atoms with Crippen LogP contribution >= 0.6 is 11.8 Å². The van der Waals surface area contributed by atoms with Crippen LogP contribution in [-0.2, 0) is 4.79 Å². The third-order valence-electron chi connectivity index (χ3n) is 2.58. The van der Waals surface area contributed by atoms with E-state index in [1.54, 1.807) is 18.8 Å². The number of benzene rings is 2. The van der Waals surface area contributed by atoms with Gasteiger partial charge in [-0.25, -0.2) is 0 Å². The summed E-state index contributed by atoms with van der Waals surface area (Å²) in [4.78, 5) is 13.6. The number of rotatable bonds is 5. The van der Waals surface area contributed by atoms with E-state index in [0.717, 1.165) is 10.6 Å². The maximum atomic E-state index is 11.3. The number of hydrogen-bond donors (Lipinski definition) is 2. The van der Waals surface area contributed by atoms with Gasteiger partial charge in [-0.1, -0.05) is 42.1 Å². The predicted molar refractivity (Wildman–Crippen MR) is 79.6 cm³/mol. The number of para-hydroxylation sites is 1. The maximum Gasteiger partial charge on any atom is 0.239 e. The van der Waals surface area contributed by atoms with Crippen LogP contribution in [0.1, 0.15) is 0 Å². The second kappa shape index (κ2) is 6.85. The molecule has 0 fully saturated rings. The average Bonchev–Trinajstić information content (AvgIpc) is 2.47. The van der Waals surface area contributed by atoms with E-state index in [2.05, 4.69) is 22.8 Å². The number of amides is 1. The van der Waals surface area contributed by atoms with E-state index < -0.39 is 0 Å². The summed E-state index contributed by atoms with van der Waals surface area (Å²) in [5.74, 6) is -0.0282. The molecule has 0 spiro atoms. The number of anilines is 1. The van der Waals surface area contributed by atoms with Gasteiger partial charge in [0.25, 0.3) is 0 Å². The van der Waals surface area contributed by atoms with Gasteiger partial charge in [0, 0.05) is 22.5 Å². The Bertz CT molecular complexity index is 543. The van der Waals surface area contributed by atoms with Crippen molar-refractivity contribution < 1.29 is 4.79 Å². The zero-order valence-corrected chi connectivity index (χ0v) is 11.5. The summed E-state index contributed by atoms with van der Waals surface area (Å²) < 4.78 is 0. The topological polar surface area (TPSA) is 41.1 Å². The molecular weight excluding hydrogens is 256 g/mol. The zero-order chi connectivity index (χ0) is 13.5. The highest BCUT2D eigenvalue weighted by Crippen LogP contribution is 2.32. The van der Waals surface area contributed by atoms with Gasteiger partial charge in [0.05, 0.1) is 6.54 Å². The van der Waals surface area contributed by atoms with Crippen LogP contribution in [0.3, 0.4) is 0 Å². The molecule has 0 aliphatic heterocycles. The van der Waals surface area contributed by atoms with Crippen molar-refractivity contribution in [3.05, 3.63) is 54.6 Å². The molecule has 3 nitrogen and oxygen atoms in total. The van der Waals surface area contributed by atoms with E-state index in [9.17, 15) is 4.79 Å². The van der Waals surface area contributed by atoms with Gasteiger partial charge in [-0.05, 0) is 24.3 Å². The van der Waals surface area contributed by atoms with Crippen molar-refractivity contribution in [3.8, 4) is 0 Å². The van der Waals surface area contributed by atoms with E-state index in [0.29, 0.717) is 0 Å². The third-order valence-corrected chi connectivity index (χ3v) is 3.66. The highest BCUT2D eigenvalue weighted by Gasteiger charge is 2.04. The molecule has 0 saturated carbocycles. The van der Waals surface area contributed by atoms with Crippen molar-refractivity contribution in [1.29, 1.82) is 0 Å². The molecule has 2 aromatic rings. The van der Waals surface area contributed by atoms with Gasteiger partial charge in [-0.2, -0.15) is 0 Å². The molecule has 2 aromatic carbocycles. The molecule has 0 bridgehead atoms. The second-order valence-electron chi connectivity index (χ2n) is 3.94. The van der Waals surface area contributed by atoms with Crippen LogP contribution in [-0.4, -0.2) is 19.5 Å².